The lowest BCUT2D eigenvalue weighted by Crippen LogP contribution is -2.43. The molecule has 29 heavy (non-hydrogen) atoms. The van der Waals surface area contributed by atoms with Gasteiger partial charge in [0.1, 0.15) is 12.3 Å². The molecule has 2 atom stereocenters. The summed E-state index contributed by atoms with van der Waals surface area (Å²) in [6, 6.07) is 7.22. The van der Waals surface area contributed by atoms with Crippen LogP contribution in [0.15, 0.2) is 18.2 Å². The highest BCUT2D eigenvalue weighted by atomic mass is 16.5. The lowest BCUT2D eigenvalue weighted by molar-refractivity contribution is -0.135. The number of hydrogen-bond donors (Lipinski definition) is 0. The van der Waals surface area contributed by atoms with Gasteiger partial charge in [-0.05, 0) is 69.1 Å². The zero-order valence-electron chi connectivity index (χ0n) is 18.4. The molecule has 2 aliphatic rings. The zero-order chi connectivity index (χ0) is 20.4. The highest BCUT2D eigenvalue weighted by Crippen LogP contribution is 2.35. The Morgan fingerprint density at radius 2 is 1.76 bits per heavy atom. The van der Waals surface area contributed by atoms with Crippen molar-refractivity contribution in [3.63, 3.8) is 0 Å². The summed E-state index contributed by atoms with van der Waals surface area (Å²) in [5.74, 6) is 1.18. The van der Waals surface area contributed by atoms with Crippen molar-refractivity contribution < 1.29 is 9.53 Å². The van der Waals surface area contributed by atoms with Crippen molar-refractivity contribution in [2.75, 3.05) is 7.11 Å². The molecule has 2 heterocycles. The van der Waals surface area contributed by atoms with Gasteiger partial charge < -0.3 is 14.2 Å². The van der Waals surface area contributed by atoms with Crippen LogP contribution in [0.2, 0.25) is 0 Å². The molecule has 0 unspecified atom stereocenters. The molecule has 1 aromatic carbocycles. The maximum absolute atomic E-state index is 13.6. The Hall–Kier alpha value is -1.97. The smallest absolute Gasteiger partial charge is 0.243 e. The molecule has 1 fully saturated rings. The highest BCUT2D eigenvalue weighted by molar-refractivity contribution is 5.89. The van der Waals surface area contributed by atoms with Gasteiger partial charge in [-0.25, -0.2) is 0 Å². The molecular weight excluding hydrogens is 360 g/mol. The Bertz CT molecular complexity index is 855. The monoisotopic (exact) mass is 396 g/mol. The third-order valence-electron chi connectivity index (χ3n) is 7.03. The number of carbonyl (C=O) groups excluding carboxylic acids is 1. The molecule has 4 nitrogen and oxygen atoms in total. The van der Waals surface area contributed by atoms with Gasteiger partial charge in [-0.3, -0.25) is 4.79 Å². The van der Waals surface area contributed by atoms with E-state index in [2.05, 4.69) is 41.5 Å². The number of amides is 1. The molecule has 0 spiro atoms. The number of rotatable bonds is 7. The molecule has 4 heteroatoms. The van der Waals surface area contributed by atoms with Gasteiger partial charge in [0.25, 0.3) is 0 Å². The normalized spacial score (nSPS) is 21.6. The van der Waals surface area contributed by atoms with Crippen LogP contribution in [-0.2, 0) is 24.2 Å². The Kier molecular flexibility index (Phi) is 6.17. The minimum Gasteiger partial charge on any atom is -0.497 e. The lowest BCUT2D eigenvalue weighted by atomic mass is 9.95. The number of ether oxygens (including phenoxy) is 1. The van der Waals surface area contributed by atoms with Crippen molar-refractivity contribution in [2.45, 2.75) is 96.7 Å². The first-order chi connectivity index (χ1) is 14.2. The number of likely N-dealkylation sites (tertiary alicyclic amines) is 1. The van der Waals surface area contributed by atoms with Crippen LogP contribution in [0, 0.1) is 0 Å². The van der Waals surface area contributed by atoms with Crippen LogP contribution in [0.1, 0.15) is 76.5 Å². The van der Waals surface area contributed by atoms with Crippen molar-refractivity contribution in [2.24, 2.45) is 0 Å². The summed E-state index contributed by atoms with van der Waals surface area (Å²) in [5.41, 5.74) is 4.01. The van der Waals surface area contributed by atoms with Gasteiger partial charge in [0.2, 0.25) is 5.91 Å². The first-order valence-corrected chi connectivity index (χ1v) is 11.7. The molecular formula is C25H36N2O2. The number of benzene rings is 1. The van der Waals surface area contributed by atoms with E-state index in [0.717, 1.165) is 44.3 Å². The summed E-state index contributed by atoms with van der Waals surface area (Å²) in [4.78, 5) is 15.9. The highest BCUT2D eigenvalue weighted by Gasteiger charge is 2.36. The third-order valence-corrected chi connectivity index (χ3v) is 7.03. The predicted octanol–water partition coefficient (Wildman–Crippen LogP) is 5.49. The Balaban J connectivity index is 1.70. The predicted molar refractivity (Wildman–Crippen MR) is 119 cm³/mol. The number of hydrogen-bond acceptors (Lipinski definition) is 2. The number of carbonyl (C=O) groups is 1. The van der Waals surface area contributed by atoms with Crippen LogP contribution >= 0.6 is 0 Å². The van der Waals surface area contributed by atoms with Gasteiger partial charge >= 0.3 is 0 Å². The Morgan fingerprint density at radius 1 is 1.07 bits per heavy atom. The molecule has 0 saturated carbocycles. The number of aryl methyl sites for hydroxylation is 1. The fraction of sp³-hybridized carbons (Fsp3) is 0.640. The summed E-state index contributed by atoms with van der Waals surface area (Å²) in [6.45, 7) is 4.94. The molecule has 2 aromatic rings. The van der Waals surface area contributed by atoms with E-state index in [-0.39, 0.29) is 0 Å². The summed E-state index contributed by atoms with van der Waals surface area (Å²) >= 11 is 0. The first-order valence-electron chi connectivity index (χ1n) is 11.7. The maximum atomic E-state index is 13.6. The number of methoxy groups -OCH3 is 1. The number of aromatic nitrogens is 1. The van der Waals surface area contributed by atoms with Crippen molar-refractivity contribution in [3.05, 3.63) is 29.5 Å². The van der Waals surface area contributed by atoms with Gasteiger partial charge in [-0.2, -0.15) is 0 Å². The van der Waals surface area contributed by atoms with E-state index >= 15 is 0 Å². The topological polar surface area (TPSA) is 34.5 Å². The van der Waals surface area contributed by atoms with Crippen molar-refractivity contribution in [1.29, 1.82) is 0 Å². The second-order valence-corrected chi connectivity index (χ2v) is 8.86. The van der Waals surface area contributed by atoms with Crippen LogP contribution < -0.4 is 4.74 Å². The SMILES string of the molecule is CCC[C@@H]1CC[C@@H](CCC)N1C(=O)Cn1c2c(c3ccc(OC)cc31)CCCC2. The van der Waals surface area contributed by atoms with Crippen molar-refractivity contribution in [1.82, 2.24) is 9.47 Å². The maximum Gasteiger partial charge on any atom is 0.243 e. The van der Waals surface area contributed by atoms with Crippen LogP contribution in [0.3, 0.4) is 0 Å². The summed E-state index contributed by atoms with van der Waals surface area (Å²) in [5, 5.41) is 1.31. The summed E-state index contributed by atoms with van der Waals surface area (Å²) < 4.78 is 7.82. The van der Waals surface area contributed by atoms with Gasteiger partial charge in [-0.15, -0.1) is 0 Å². The van der Waals surface area contributed by atoms with Crippen molar-refractivity contribution in [3.8, 4) is 5.75 Å². The van der Waals surface area contributed by atoms with Gasteiger partial charge in [0, 0.05) is 29.2 Å². The van der Waals surface area contributed by atoms with Crippen molar-refractivity contribution >= 4 is 16.8 Å². The molecule has 0 radical (unpaired) electrons. The zero-order valence-corrected chi connectivity index (χ0v) is 18.4. The first kappa shape index (κ1) is 20.3. The molecule has 1 aromatic heterocycles. The minimum atomic E-state index is 0.312. The minimum absolute atomic E-state index is 0.312. The van der Waals surface area contributed by atoms with Gasteiger partial charge in [0.15, 0.2) is 0 Å². The summed E-state index contributed by atoms with van der Waals surface area (Å²) in [6.07, 6.45) is 11.6. The standard InChI is InChI=1S/C25H36N2O2/c1-4-8-18-12-13-19(9-5-2)27(18)25(28)17-26-23-11-7-6-10-21(23)22-15-14-20(29-3)16-24(22)26/h14-16,18-19H,4-13,17H2,1-3H3/t18-,19-/m1/s1. The fourth-order valence-corrected chi connectivity index (χ4v) is 5.74. The van der Waals surface area contributed by atoms with Crippen LogP contribution in [0.4, 0.5) is 0 Å². The van der Waals surface area contributed by atoms with Crippen LogP contribution in [0.25, 0.3) is 10.9 Å². The average molecular weight is 397 g/mol. The average Bonchev–Trinajstić information content (AvgIpc) is 3.27. The number of nitrogens with zero attached hydrogens (tertiary/aromatic N) is 2. The Morgan fingerprint density at radius 3 is 2.41 bits per heavy atom. The van der Waals surface area contributed by atoms with Crippen LogP contribution in [0.5, 0.6) is 5.75 Å². The molecule has 4 rings (SSSR count). The third kappa shape index (κ3) is 3.78. The molecule has 1 amide bonds. The lowest BCUT2D eigenvalue weighted by Gasteiger charge is -2.31. The molecule has 158 valence electrons. The van der Waals surface area contributed by atoms with E-state index in [9.17, 15) is 4.79 Å². The second kappa shape index (κ2) is 8.81. The van der Waals surface area contributed by atoms with Gasteiger partial charge in [0.05, 0.1) is 12.6 Å². The van der Waals surface area contributed by atoms with E-state index in [1.165, 1.54) is 47.8 Å². The van der Waals surface area contributed by atoms with E-state index < -0.39 is 0 Å². The molecule has 1 aliphatic heterocycles. The molecule has 0 bridgehead atoms. The quantitative estimate of drug-likeness (QED) is 0.620. The van der Waals surface area contributed by atoms with E-state index in [0.29, 0.717) is 24.5 Å². The second-order valence-electron chi connectivity index (χ2n) is 8.86. The molecule has 0 N–H and O–H groups in total. The summed E-state index contributed by atoms with van der Waals surface area (Å²) in [7, 11) is 1.72. The molecule has 1 saturated heterocycles. The largest absolute Gasteiger partial charge is 0.497 e. The van der Waals surface area contributed by atoms with Gasteiger partial charge in [-0.1, -0.05) is 26.7 Å². The molecule has 1 aliphatic carbocycles. The van der Waals surface area contributed by atoms with E-state index in [1.807, 2.05) is 0 Å². The van der Waals surface area contributed by atoms with E-state index in [4.69, 9.17) is 4.74 Å². The van der Waals surface area contributed by atoms with Crippen LogP contribution in [-0.4, -0.2) is 34.6 Å². The number of fused-ring (bicyclic) bond motifs is 3. The Labute approximate surface area is 175 Å². The van der Waals surface area contributed by atoms with E-state index in [1.54, 1.807) is 7.11 Å². The fourth-order valence-electron chi connectivity index (χ4n) is 5.74.